The predicted octanol–water partition coefficient (Wildman–Crippen LogP) is 3.88. The molecular weight excluding hydrogens is 434 g/mol. The van der Waals surface area contributed by atoms with Crippen molar-refractivity contribution in [2.75, 3.05) is 13.2 Å². The third-order valence-corrected chi connectivity index (χ3v) is 11.1. The number of carbonyl (C=O) groups excluding carboxylic acids is 1. The molecule has 0 aromatic heterocycles. The predicted molar refractivity (Wildman–Crippen MR) is 131 cm³/mol. The van der Waals surface area contributed by atoms with Gasteiger partial charge in [-0.2, -0.15) is 0 Å². The van der Waals surface area contributed by atoms with Crippen molar-refractivity contribution >= 4 is 30.8 Å². The highest BCUT2D eigenvalue weighted by molar-refractivity contribution is 6.99. The van der Waals surface area contributed by atoms with E-state index in [1.165, 1.54) is 4.90 Å². The van der Waals surface area contributed by atoms with E-state index in [1.807, 2.05) is 36.4 Å². The van der Waals surface area contributed by atoms with Gasteiger partial charge in [-0.05, 0) is 36.2 Å². The fraction of sp³-hybridized carbons (Fsp3) is 0.462. The van der Waals surface area contributed by atoms with Crippen molar-refractivity contribution in [3.63, 3.8) is 0 Å². The highest BCUT2D eigenvalue weighted by Crippen LogP contribution is 2.38. The minimum absolute atomic E-state index is 0.124. The normalized spacial score (nSPS) is 19.0. The monoisotopic (exact) mass is 469 g/mol. The summed E-state index contributed by atoms with van der Waals surface area (Å²) in [5, 5.41) is 11.7. The Morgan fingerprint density at radius 3 is 1.82 bits per heavy atom. The van der Waals surface area contributed by atoms with Crippen LogP contribution in [0.4, 0.5) is 4.79 Å². The van der Waals surface area contributed by atoms with Gasteiger partial charge in [-0.3, -0.25) is 4.79 Å². The Morgan fingerprint density at radius 1 is 0.939 bits per heavy atom. The SMILES string of the molecule is CC(C)(C)OC(=O)N1CC(C(=O)O)C1CO[Si](c1ccccc1)(c1ccccc1)C(C)(C)C. The van der Waals surface area contributed by atoms with Gasteiger partial charge in [0.1, 0.15) is 5.60 Å². The van der Waals surface area contributed by atoms with E-state index in [9.17, 15) is 14.7 Å². The molecule has 1 saturated heterocycles. The van der Waals surface area contributed by atoms with Crippen molar-refractivity contribution < 1.29 is 23.9 Å². The van der Waals surface area contributed by atoms with Gasteiger partial charge in [0.2, 0.25) is 0 Å². The lowest BCUT2D eigenvalue weighted by Crippen LogP contribution is -2.70. The number of ether oxygens (including phenoxy) is 1. The maximum absolute atomic E-state index is 12.7. The molecule has 1 amide bonds. The molecule has 1 aliphatic rings. The van der Waals surface area contributed by atoms with Crippen LogP contribution in [0.15, 0.2) is 60.7 Å². The standard InChI is InChI=1S/C26H35NO5Si/c1-25(2,3)32-24(30)27-17-21(23(28)29)22(27)18-31-33(26(4,5)6,19-13-9-7-10-14-19)20-15-11-8-12-16-20/h7-16,21-22H,17-18H2,1-6H3,(H,28,29). The first-order valence-corrected chi connectivity index (χ1v) is 13.2. The summed E-state index contributed by atoms with van der Waals surface area (Å²) in [6, 6.07) is 19.8. The zero-order chi connectivity index (χ0) is 24.4. The highest BCUT2D eigenvalue weighted by Gasteiger charge is 2.53. The van der Waals surface area contributed by atoms with Gasteiger partial charge in [0.15, 0.2) is 0 Å². The minimum atomic E-state index is -2.84. The van der Waals surface area contributed by atoms with Crippen LogP contribution in [0.25, 0.3) is 0 Å². The summed E-state index contributed by atoms with van der Waals surface area (Å²) in [6.45, 7) is 12.1. The average molecular weight is 470 g/mol. The molecule has 1 heterocycles. The average Bonchev–Trinajstić information content (AvgIpc) is 2.69. The molecule has 6 nitrogen and oxygen atoms in total. The van der Waals surface area contributed by atoms with Gasteiger partial charge in [0.05, 0.1) is 18.6 Å². The number of carbonyl (C=O) groups is 2. The minimum Gasteiger partial charge on any atom is -0.481 e. The summed E-state index contributed by atoms with van der Waals surface area (Å²) >= 11 is 0. The molecule has 3 rings (SSSR count). The fourth-order valence-electron chi connectivity index (χ4n) is 4.50. The molecule has 0 aliphatic carbocycles. The molecule has 0 saturated carbocycles. The smallest absolute Gasteiger partial charge is 0.410 e. The molecular formula is C26H35NO5Si. The second-order valence-electron chi connectivity index (χ2n) is 10.6. The Kier molecular flexibility index (Phi) is 7.05. The molecule has 33 heavy (non-hydrogen) atoms. The van der Waals surface area contributed by atoms with Crippen LogP contribution in [0.1, 0.15) is 41.5 Å². The Labute approximate surface area is 197 Å². The molecule has 2 aromatic rings. The zero-order valence-corrected chi connectivity index (χ0v) is 21.4. The van der Waals surface area contributed by atoms with Gasteiger partial charge in [0.25, 0.3) is 8.32 Å². The van der Waals surface area contributed by atoms with E-state index in [1.54, 1.807) is 20.8 Å². The number of likely N-dealkylation sites (tertiary alicyclic amines) is 1. The Morgan fingerprint density at radius 2 is 1.42 bits per heavy atom. The Bertz CT molecular complexity index is 926. The van der Waals surface area contributed by atoms with Crippen molar-refractivity contribution in [1.29, 1.82) is 0 Å². The van der Waals surface area contributed by atoms with E-state index >= 15 is 0 Å². The van der Waals surface area contributed by atoms with Crippen LogP contribution < -0.4 is 10.4 Å². The molecule has 2 atom stereocenters. The molecule has 0 bridgehead atoms. The van der Waals surface area contributed by atoms with Crippen molar-refractivity contribution in [2.45, 2.75) is 58.2 Å². The van der Waals surface area contributed by atoms with Crippen molar-refractivity contribution in [1.82, 2.24) is 4.90 Å². The summed E-state index contributed by atoms with van der Waals surface area (Å²) in [5.74, 6) is -1.61. The van der Waals surface area contributed by atoms with Crippen LogP contribution in [0.2, 0.25) is 5.04 Å². The van der Waals surface area contributed by atoms with Gasteiger partial charge in [0, 0.05) is 6.54 Å². The Balaban J connectivity index is 1.99. The summed E-state index contributed by atoms with van der Waals surface area (Å²) in [6.07, 6.45) is -0.504. The third kappa shape index (κ3) is 5.14. The van der Waals surface area contributed by atoms with Gasteiger partial charge in [-0.25, -0.2) is 4.79 Å². The number of hydrogen-bond acceptors (Lipinski definition) is 4. The lowest BCUT2D eigenvalue weighted by molar-refractivity contribution is -0.153. The maximum Gasteiger partial charge on any atom is 0.410 e. The Hall–Kier alpha value is -2.64. The molecule has 0 radical (unpaired) electrons. The summed E-state index contributed by atoms with van der Waals surface area (Å²) in [5.41, 5.74) is -0.658. The van der Waals surface area contributed by atoms with Crippen LogP contribution in [-0.2, 0) is 14.0 Å². The number of carboxylic acids is 1. The molecule has 2 aromatic carbocycles. The summed E-state index contributed by atoms with van der Waals surface area (Å²) in [7, 11) is -2.84. The summed E-state index contributed by atoms with van der Waals surface area (Å²) in [4.78, 5) is 26.1. The van der Waals surface area contributed by atoms with Crippen LogP contribution in [0.3, 0.4) is 0 Å². The van der Waals surface area contributed by atoms with Gasteiger partial charge >= 0.3 is 12.1 Å². The molecule has 2 unspecified atom stereocenters. The van der Waals surface area contributed by atoms with Gasteiger partial charge in [-0.15, -0.1) is 0 Å². The maximum atomic E-state index is 12.7. The van der Waals surface area contributed by atoms with E-state index in [4.69, 9.17) is 9.16 Å². The first-order chi connectivity index (χ1) is 15.4. The molecule has 1 N–H and O–H groups in total. The number of benzene rings is 2. The molecule has 0 spiro atoms. The van der Waals surface area contributed by atoms with E-state index < -0.39 is 37.9 Å². The largest absolute Gasteiger partial charge is 0.481 e. The van der Waals surface area contributed by atoms with E-state index in [0.717, 1.165) is 10.4 Å². The van der Waals surface area contributed by atoms with Crippen LogP contribution in [-0.4, -0.2) is 55.2 Å². The molecule has 1 aliphatic heterocycles. The molecule has 178 valence electrons. The number of hydrogen-bond donors (Lipinski definition) is 1. The first kappa shape index (κ1) is 25.0. The topological polar surface area (TPSA) is 76.1 Å². The van der Waals surface area contributed by atoms with Crippen molar-refractivity contribution in [3.05, 3.63) is 60.7 Å². The third-order valence-electron chi connectivity index (χ3n) is 6.09. The van der Waals surface area contributed by atoms with Crippen molar-refractivity contribution in [2.24, 2.45) is 5.92 Å². The number of nitrogens with zero attached hydrogens (tertiary/aromatic N) is 1. The number of carboxylic acid groups (broad SMARTS) is 1. The van der Waals surface area contributed by atoms with Crippen LogP contribution in [0, 0.1) is 5.92 Å². The van der Waals surface area contributed by atoms with Crippen LogP contribution in [0.5, 0.6) is 0 Å². The molecule has 1 fully saturated rings. The van der Waals surface area contributed by atoms with Gasteiger partial charge in [-0.1, -0.05) is 81.4 Å². The van der Waals surface area contributed by atoms with Gasteiger partial charge < -0.3 is 19.2 Å². The second kappa shape index (κ2) is 9.31. The quantitative estimate of drug-likeness (QED) is 0.650. The van der Waals surface area contributed by atoms with E-state index in [0.29, 0.717) is 0 Å². The number of aliphatic carboxylic acids is 1. The number of rotatable bonds is 6. The first-order valence-electron chi connectivity index (χ1n) is 11.3. The van der Waals surface area contributed by atoms with E-state index in [-0.39, 0.29) is 18.2 Å². The summed E-state index contributed by atoms with van der Waals surface area (Å²) < 4.78 is 12.4. The van der Waals surface area contributed by atoms with Crippen LogP contribution >= 0.6 is 0 Å². The zero-order valence-electron chi connectivity index (χ0n) is 20.4. The van der Waals surface area contributed by atoms with E-state index in [2.05, 4.69) is 45.0 Å². The van der Waals surface area contributed by atoms with Crippen molar-refractivity contribution in [3.8, 4) is 0 Å². The lowest BCUT2D eigenvalue weighted by Gasteiger charge is -2.49. The fourth-order valence-corrected chi connectivity index (χ4v) is 9.08. The molecule has 7 heteroatoms. The highest BCUT2D eigenvalue weighted by atomic mass is 28.4. The number of amides is 1. The second-order valence-corrected chi connectivity index (χ2v) is 14.9. The lowest BCUT2D eigenvalue weighted by atomic mass is 9.90.